The van der Waals surface area contributed by atoms with Gasteiger partial charge in [-0.3, -0.25) is 9.59 Å². The highest BCUT2D eigenvalue weighted by molar-refractivity contribution is 6.36. The Bertz CT molecular complexity index is 2460. The van der Waals surface area contributed by atoms with Crippen LogP contribution in [-0.4, -0.2) is 16.4 Å². The van der Waals surface area contributed by atoms with E-state index in [-0.39, 0.29) is 11.8 Å². The highest BCUT2D eigenvalue weighted by atomic mass is 16.2. The normalized spacial score (nSPS) is 12.3. The molecule has 2 heterocycles. The van der Waals surface area contributed by atoms with Gasteiger partial charge in [-0.05, 0) is 76.9 Å². The molecule has 0 unspecified atom stereocenters. The average Bonchev–Trinajstić information content (AvgIpc) is 3.58. The molecule has 8 rings (SSSR count). The Morgan fingerprint density at radius 1 is 0.500 bits per heavy atom. The number of hydrogen-bond acceptors (Lipinski definition) is 4. The average molecular weight is 591 g/mol. The number of para-hydroxylation sites is 1. The summed E-state index contributed by atoms with van der Waals surface area (Å²) in [5.41, 5.74) is 7.76. The largest absolute Gasteiger partial charge is 0.308 e. The zero-order valence-corrected chi connectivity index (χ0v) is 24.3. The maximum absolute atomic E-state index is 14.3. The van der Waals surface area contributed by atoms with Crippen LogP contribution in [0.2, 0.25) is 0 Å². The predicted octanol–water partition coefficient (Wildman–Crippen LogP) is 8.66. The number of aromatic nitrogens is 1. The summed E-state index contributed by atoms with van der Waals surface area (Å²) in [7, 11) is 0. The number of benzene rings is 6. The van der Waals surface area contributed by atoms with Crippen LogP contribution < -0.4 is 4.90 Å². The van der Waals surface area contributed by atoms with Crippen molar-refractivity contribution in [1.29, 1.82) is 10.5 Å². The van der Waals surface area contributed by atoms with Crippen LogP contribution >= 0.6 is 0 Å². The third kappa shape index (κ3) is 4.10. The van der Waals surface area contributed by atoms with Crippen molar-refractivity contribution < 1.29 is 9.59 Å². The maximum atomic E-state index is 14.3. The summed E-state index contributed by atoms with van der Waals surface area (Å²) in [4.78, 5) is 29.5. The summed E-state index contributed by atoms with van der Waals surface area (Å²) in [6, 6.07) is 46.0. The summed E-state index contributed by atoms with van der Waals surface area (Å²) < 4.78 is 2.03. The first-order valence-electron chi connectivity index (χ1n) is 14.7. The maximum Gasteiger partial charge on any atom is 0.268 e. The van der Waals surface area contributed by atoms with Crippen molar-refractivity contribution >= 4 is 39.3 Å². The summed E-state index contributed by atoms with van der Waals surface area (Å²) in [6.45, 7) is 0. The number of carbonyl (C=O) groups is 2. The fraction of sp³-hybridized carbons (Fsp3) is 0. The molecule has 0 aliphatic carbocycles. The fourth-order valence-corrected chi connectivity index (χ4v) is 6.48. The Balaban J connectivity index is 1.32. The number of carbonyl (C=O) groups excluding carboxylic acids is 2. The first-order valence-corrected chi connectivity index (χ1v) is 14.7. The van der Waals surface area contributed by atoms with E-state index < -0.39 is 0 Å². The van der Waals surface area contributed by atoms with E-state index >= 15 is 0 Å². The lowest BCUT2D eigenvalue weighted by atomic mass is 9.99. The SMILES string of the molecule is N#Cc1cc(C#N)cc(-c2ccc3c4ccccc4n(-c4cccc5c4C(=O)N(c4cccc(-c6ccccc6)c4)C5=O)c3c2)c1. The molecule has 0 fully saturated rings. The van der Waals surface area contributed by atoms with Gasteiger partial charge in [-0.2, -0.15) is 10.5 Å². The second-order valence-corrected chi connectivity index (χ2v) is 11.2. The van der Waals surface area contributed by atoms with Crippen LogP contribution in [0.3, 0.4) is 0 Å². The van der Waals surface area contributed by atoms with E-state index in [0.29, 0.717) is 33.6 Å². The summed E-state index contributed by atoms with van der Waals surface area (Å²) in [5, 5.41) is 21.1. The molecule has 0 N–H and O–H groups in total. The van der Waals surface area contributed by atoms with Crippen molar-refractivity contribution in [2.75, 3.05) is 4.90 Å². The Hall–Kier alpha value is -6.76. The van der Waals surface area contributed by atoms with Gasteiger partial charge in [0, 0.05) is 10.8 Å². The topological polar surface area (TPSA) is 89.9 Å². The number of amides is 2. The molecule has 6 aromatic carbocycles. The van der Waals surface area contributed by atoms with E-state index in [2.05, 4.69) is 12.1 Å². The van der Waals surface area contributed by atoms with Gasteiger partial charge in [0.15, 0.2) is 0 Å². The zero-order valence-electron chi connectivity index (χ0n) is 24.3. The quantitative estimate of drug-likeness (QED) is 0.192. The second kappa shape index (κ2) is 10.4. The van der Waals surface area contributed by atoms with Gasteiger partial charge in [0.25, 0.3) is 11.8 Å². The van der Waals surface area contributed by atoms with Gasteiger partial charge in [-0.15, -0.1) is 0 Å². The van der Waals surface area contributed by atoms with Crippen LogP contribution in [0.25, 0.3) is 49.7 Å². The minimum absolute atomic E-state index is 0.337. The lowest BCUT2D eigenvalue weighted by Crippen LogP contribution is -2.29. The number of nitrogens with zero attached hydrogens (tertiary/aromatic N) is 4. The smallest absolute Gasteiger partial charge is 0.268 e. The van der Waals surface area contributed by atoms with Gasteiger partial charge in [-0.25, -0.2) is 4.90 Å². The third-order valence-electron chi connectivity index (χ3n) is 8.54. The molecule has 0 radical (unpaired) electrons. The van der Waals surface area contributed by atoms with Gasteiger partial charge in [0.2, 0.25) is 0 Å². The molecular formula is C40H22N4O2. The predicted molar refractivity (Wildman–Crippen MR) is 179 cm³/mol. The third-order valence-corrected chi connectivity index (χ3v) is 8.54. The zero-order chi connectivity index (χ0) is 31.4. The van der Waals surface area contributed by atoms with Crippen molar-refractivity contribution in [2.45, 2.75) is 0 Å². The van der Waals surface area contributed by atoms with Crippen LogP contribution in [0.4, 0.5) is 5.69 Å². The number of anilines is 1. The molecule has 0 spiro atoms. The first kappa shape index (κ1) is 26.8. The number of rotatable bonds is 4. The molecule has 6 heteroatoms. The number of imide groups is 1. The second-order valence-electron chi connectivity index (χ2n) is 11.2. The van der Waals surface area contributed by atoms with Crippen LogP contribution in [0, 0.1) is 22.7 Å². The van der Waals surface area contributed by atoms with Crippen LogP contribution in [-0.2, 0) is 0 Å². The highest BCUT2D eigenvalue weighted by Crippen LogP contribution is 2.39. The number of hydrogen-bond donors (Lipinski definition) is 0. The molecule has 0 saturated carbocycles. The number of fused-ring (bicyclic) bond motifs is 4. The van der Waals surface area contributed by atoms with Crippen LogP contribution in [0.1, 0.15) is 31.8 Å². The number of nitriles is 2. The van der Waals surface area contributed by atoms with Gasteiger partial charge in [0.05, 0.1) is 56.8 Å². The Morgan fingerprint density at radius 3 is 1.96 bits per heavy atom. The van der Waals surface area contributed by atoms with Gasteiger partial charge >= 0.3 is 0 Å². The lowest BCUT2D eigenvalue weighted by molar-refractivity contribution is 0.0926. The standard InChI is InChI=1S/C40H22N4O2/c41-23-25-18-26(24-42)20-30(19-25)29-16-17-33-32-12-4-5-14-35(32)44(37(33)22-29)36-15-7-13-34-38(36)40(46)43(39(34)45)31-11-6-10-28(21-31)27-8-2-1-3-9-27/h1-22H. The van der Waals surface area contributed by atoms with Crippen LogP contribution in [0.5, 0.6) is 0 Å². The summed E-state index contributed by atoms with van der Waals surface area (Å²) >= 11 is 0. The van der Waals surface area contributed by atoms with Crippen molar-refractivity contribution in [1.82, 2.24) is 4.57 Å². The molecular weight excluding hydrogens is 568 g/mol. The molecule has 0 atom stereocenters. The molecule has 0 saturated heterocycles. The fourth-order valence-electron chi connectivity index (χ4n) is 6.48. The molecule has 214 valence electrons. The van der Waals surface area contributed by atoms with Gasteiger partial charge in [0.1, 0.15) is 0 Å². The van der Waals surface area contributed by atoms with E-state index in [9.17, 15) is 20.1 Å². The monoisotopic (exact) mass is 590 g/mol. The molecule has 1 aromatic heterocycles. The minimum Gasteiger partial charge on any atom is -0.308 e. The Morgan fingerprint density at radius 2 is 1.17 bits per heavy atom. The molecule has 1 aliphatic heterocycles. The molecule has 1 aliphatic rings. The van der Waals surface area contributed by atoms with Crippen molar-refractivity contribution in [3.63, 3.8) is 0 Å². The van der Waals surface area contributed by atoms with Crippen molar-refractivity contribution in [2.24, 2.45) is 0 Å². The van der Waals surface area contributed by atoms with E-state index in [0.717, 1.165) is 44.1 Å². The van der Waals surface area contributed by atoms with Gasteiger partial charge in [-0.1, -0.05) is 78.9 Å². The van der Waals surface area contributed by atoms with Crippen molar-refractivity contribution in [3.8, 4) is 40.1 Å². The molecule has 6 nitrogen and oxygen atoms in total. The highest BCUT2D eigenvalue weighted by Gasteiger charge is 2.39. The van der Waals surface area contributed by atoms with E-state index in [1.165, 1.54) is 4.90 Å². The van der Waals surface area contributed by atoms with Crippen LogP contribution in [0.15, 0.2) is 133 Å². The van der Waals surface area contributed by atoms with Crippen molar-refractivity contribution in [3.05, 3.63) is 156 Å². The summed E-state index contributed by atoms with van der Waals surface area (Å²) in [5.74, 6) is -0.755. The first-order chi connectivity index (χ1) is 22.6. The van der Waals surface area contributed by atoms with E-state index in [1.54, 1.807) is 30.3 Å². The van der Waals surface area contributed by atoms with E-state index in [4.69, 9.17) is 0 Å². The molecule has 46 heavy (non-hydrogen) atoms. The molecule has 2 amide bonds. The minimum atomic E-state index is -0.386. The van der Waals surface area contributed by atoms with E-state index in [1.807, 2.05) is 108 Å². The molecule has 7 aromatic rings. The summed E-state index contributed by atoms with van der Waals surface area (Å²) in [6.07, 6.45) is 0. The van der Waals surface area contributed by atoms with Gasteiger partial charge < -0.3 is 4.57 Å². The lowest BCUT2D eigenvalue weighted by Gasteiger charge is -2.16. The Kier molecular flexibility index (Phi) is 6.10. The molecule has 0 bridgehead atoms. The Labute approximate surface area is 264 Å².